The first kappa shape index (κ1) is 20.5. The van der Waals surface area contributed by atoms with E-state index in [0.29, 0.717) is 24.2 Å². The van der Waals surface area contributed by atoms with E-state index in [1.165, 1.54) is 16.5 Å². The summed E-state index contributed by atoms with van der Waals surface area (Å²) >= 11 is 0. The molecule has 0 bridgehead atoms. The maximum Gasteiger partial charge on any atom is 0.328 e. The van der Waals surface area contributed by atoms with Gasteiger partial charge in [-0.3, -0.25) is 4.90 Å². The summed E-state index contributed by atoms with van der Waals surface area (Å²) in [7, 11) is 2.22. The van der Waals surface area contributed by atoms with E-state index in [1.807, 2.05) is 0 Å². The third kappa shape index (κ3) is 5.82. The molecule has 0 saturated carbocycles. The Morgan fingerprint density at radius 2 is 1.52 bits per heavy atom. The van der Waals surface area contributed by atoms with Crippen molar-refractivity contribution in [1.82, 2.24) is 4.90 Å². The second kappa shape index (κ2) is 9.19. The molecule has 1 saturated heterocycles. The largest absolute Gasteiger partial charge is 0.478 e. The molecule has 2 aromatic carbocycles. The first-order valence-electron chi connectivity index (χ1n) is 8.87. The van der Waals surface area contributed by atoms with Crippen molar-refractivity contribution in [2.45, 2.75) is 25.9 Å². The van der Waals surface area contributed by atoms with Gasteiger partial charge in [-0.2, -0.15) is 0 Å². The number of benzene rings is 2. The van der Waals surface area contributed by atoms with E-state index >= 15 is 0 Å². The number of nitrogens with zero attached hydrogens (tertiary/aromatic N) is 2. The maximum absolute atomic E-state index is 9.55. The Bertz CT molecular complexity index is 818. The number of fused-ring (bicyclic) bond motifs is 1. The zero-order valence-corrected chi connectivity index (χ0v) is 15.9. The second-order valence-corrected chi connectivity index (χ2v) is 6.83. The lowest BCUT2D eigenvalue weighted by atomic mass is 10.1. The third-order valence-corrected chi connectivity index (χ3v) is 4.73. The summed E-state index contributed by atoms with van der Waals surface area (Å²) in [6, 6.07) is 16.6. The van der Waals surface area contributed by atoms with E-state index in [-0.39, 0.29) is 0 Å². The molecular formula is C21H26N2O4. The zero-order valence-electron chi connectivity index (χ0n) is 15.9. The van der Waals surface area contributed by atoms with E-state index in [0.717, 1.165) is 13.1 Å². The average molecular weight is 370 g/mol. The molecule has 6 heteroatoms. The first-order chi connectivity index (χ1) is 12.8. The average Bonchev–Trinajstić information content (AvgIpc) is 2.63. The molecule has 0 amide bonds. The van der Waals surface area contributed by atoms with Crippen LogP contribution in [0.4, 0.5) is 5.69 Å². The van der Waals surface area contributed by atoms with Crippen molar-refractivity contribution in [3.8, 4) is 0 Å². The summed E-state index contributed by atoms with van der Waals surface area (Å²) in [5, 5.41) is 18.3. The number of hydrogen-bond acceptors (Lipinski definition) is 4. The highest BCUT2D eigenvalue weighted by molar-refractivity contribution is 5.89. The van der Waals surface area contributed by atoms with Crippen molar-refractivity contribution in [3.63, 3.8) is 0 Å². The van der Waals surface area contributed by atoms with Gasteiger partial charge in [-0.1, -0.05) is 30.3 Å². The molecule has 2 unspecified atom stereocenters. The lowest BCUT2D eigenvalue weighted by Crippen LogP contribution is -2.55. The van der Waals surface area contributed by atoms with Gasteiger partial charge in [0.2, 0.25) is 0 Å². The Kier molecular flexibility index (Phi) is 6.96. The minimum absolute atomic E-state index is 0.558. The van der Waals surface area contributed by atoms with Crippen molar-refractivity contribution >= 4 is 28.4 Å². The summed E-state index contributed by atoms with van der Waals surface area (Å²) in [6.07, 6.45) is 1.12. The number of piperazine rings is 1. The first-order valence-corrected chi connectivity index (χ1v) is 8.87. The molecule has 6 nitrogen and oxygen atoms in total. The number of aliphatic carboxylic acids is 2. The highest BCUT2D eigenvalue weighted by atomic mass is 16.4. The number of likely N-dealkylation sites (N-methyl/N-ethyl adjacent to an activating group) is 1. The molecule has 0 spiro atoms. The van der Waals surface area contributed by atoms with Crippen LogP contribution in [0.15, 0.2) is 54.6 Å². The van der Waals surface area contributed by atoms with Gasteiger partial charge >= 0.3 is 11.9 Å². The van der Waals surface area contributed by atoms with Gasteiger partial charge in [-0.15, -0.1) is 0 Å². The van der Waals surface area contributed by atoms with Gasteiger partial charge < -0.3 is 15.1 Å². The van der Waals surface area contributed by atoms with Crippen LogP contribution in [-0.4, -0.2) is 59.3 Å². The van der Waals surface area contributed by atoms with Crippen LogP contribution in [0.2, 0.25) is 0 Å². The Hall–Kier alpha value is -2.86. The van der Waals surface area contributed by atoms with Crippen LogP contribution in [0.1, 0.15) is 13.8 Å². The highest BCUT2D eigenvalue weighted by Crippen LogP contribution is 2.26. The van der Waals surface area contributed by atoms with Crippen molar-refractivity contribution in [2.75, 3.05) is 25.0 Å². The SMILES string of the molecule is CC1CN(c2ccc3ccccc3c2)C(C)CN1C.O=C(O)/C=C/C(=O)O. The van der Waals surface area contributed by atoms with Crippen LogP contribution in [0.3, 0.4) is 0 Å². The molecular weight excluding hydrogens is 344 g/mol. The predicted octanol–water partition coefficient (Wildman–Crippen LogP) is 3.08. The smallest absolute Gasteiger partial charge is 0.328 e. The minimum atomic E-state index is -1.26. The quantitative estimate of drug-likeness (QED) is 0.808. The fourth-order valence-corrected chi connectivity index (χ4v) is 3.16. The number of hydrogen-bond donors (Lipinski definition) is 2. The number of carboxylic acid groups (broad SMARTS) is 2. The van der Waals surface area contributed by atoms with Crippen LogP contribution >= 0.6 is 0 Å². The number of carbonyl (C=O) groups is 2. The minimum Gasteiger partial charge on any atom is -0.478 e. The molecule has 144 valence electrons. The summed E-state index contributed by atoms with van der Waals surface area (Å²) in [5.74, 6) is -2.51. The lowest BCUT2D eigenvalue weighted by molar-refractivity contribution is -0.134. The monoisotopic (exact) mass is 370 g/mol. The summed E-state index contributed by atoms with van der Waals surface area (Å²) < 4.78 is 0. The predicted molar refractivity (Wildman–Crippen MR) is 107 cm³/mol. The molecule has 0 radical (unpaired) electrons. The number of carboxylic acids is 2. The fraction of sp³-hybridized carbons (Fsp3) is 0.333. The van der Waals surface area contributed by atoms with E-state index in [2.05, 4.69) is 73.2 Å². The Morgan fingerprint density at radius 3 is 2.11 bits per heavy atom. The van der Waals surface area contributed by atoms with Crippen molar-refractivity contribution < 1.29 is 19.8 Å². The molecule has 2 aromatic rings. The third-order valence-electron chi connectivity index (χ3n) is 4.73. The van der Waals surface area contributed by atoms with E-state index < -0.39 is 11.9 Å². The van der Waals surface area contributed by atoms with Gasteiger partial charge in [0.05, 0.1) is 0 Å². The van der Waals surface area contributed by atoms with Gasteiger partial charge in [-0.05, 0) is 43.8 Å². The van der Waals surface area contributed by atoms with Crippen LogP contribution < -0.4 is 4.90 Å². The van der Waals surface area contributed by atoms with Gasteiger partial charge in [0.15, 0.2) is 0 Å². The Balaban J connectivity index is 0.000000279. The van der Waals surface area contributed by atoms with Crippen LogP contribution in [0, 0.1) is 0 Å². The summed E-state index contributed by atoms with van der Waals surface area (Å²) in [6.45, 7) is 6.86. The number of anilines is 1. The Morgan fingerprint density at radius 1 is 0.926 bits per heavy atom. The molecule has 2 atom stereocenters. The fourth-order valence-electron chi connectivity index (χ4n) is 3.16. The molecule has 1 aliphatic rings. The van der Waals surface area contributed by atoms with Gasteiger partial charge in [0.25, 0.3) is 0 Å². The molecule has 3 rings (SSSR count). The Labute approximate surface area is 159 Å². The van der Waals surface area contributed by atoms with Crippen molar-refractivity contribution in [2.24, 2.45) is 0 Å². The molecule has 2 N–H and O–H groups in total. The number of rotatable bonds is 3. The molecule has 0 aliphatic carbocycles. The van der Waals surface area contributed by atoms with Crippen LogP contribution in [0.5, 0.6) is 0 Å². The summed E-state index contributed by atoms with van der Waals surface area (Å²) in [5.41, 5.74) is 1.35. The normalized spacial score (nSPS) is 20.3. The van der Waals surface area contributed by atoms with Crippen LogP contribution in [0.25, 0.3) is 10.8 Å². The molecule has 0 aromatic heterocycles. The van der Waals surface area contributed by atoms with E-state index in [4.69, 9.17) is 10.2 Å². The molecule has 1 heterocycles. The van der Waals surface area contributed by atoms with E-state index in [9.17, 15) is 9.59 Å². The van der Waals surface area contributed by atoms with Crippen LogP contribution in [-0.2, 0) is 9.59 Å². The summed E-state index contributed by atoms with van der Waals surface area (Å²) in [4.78, 5) is 24.1. The van der Waals surface area contributed by atoms with Gasteiger partial charge in [0, 0.05) is 43.0 Å². The zero-order chi connectivity index (χ0) is 20.0. The van der Waals surface area contributed by atoms with Crippen molar-refractivity contribution in [1.29, 1.82) is 0 Å². The standard InChI is InChI=1S/C17H22N2.C4H4O4/c1-13-12-19(14(2)11-18(13)3)17-9-8-15-6-4-5-7-16(15)10-17;5-3(6)1-2-4(7)8/h4-10,13-14H,11-12H2,1-3H3;1-2H,(H,5,6)(H,7,8)/b;2-1+. The van der Waals surface area contributed by atoms with E-state index in [1.54, 1.807) is 0 Å². The van der Waals surface area contributed by atoms with Crippen molar-refractivity contribution in [3.05, 3.63) is 54.6 Å². The second-order valence-electron chi connectivity index (χ2n) is 6.83. The molecule has 1 aliphatic heterocycles. The highest BCUT2D eigenvalue weighted by Gasteiger charge is 2.26. The molecule has 1 fully saturated rings. The van der Waals surface area contributed by atoms with Gasteiger partial charge in [0.1, 0.15) is 0 Å². The maximum atomic E-state index is 9.55. The van der Waals surface area contributed by atoms with Gasteiger partial charge in [-0.25, -0.2) is 9.59 Å². The topological polar surface area (TPSA) is 81.1 Å². The molecule has 27 heavy (non-hydrogen) atoms. The lowest BCUT2D eigenvalue weighted by Gasteiger charge is -2.43.